The van der Waals surface area contributed by atoms with E-state index in [0.29, 0.717) is 6.61 Å². The van der Waals surface area contributed by atoms with Crippen molar-refractivity contribution in [3.8, 4) is 0 Å². The molecule has 1 fully saturated rings. The van der Waals surface area contributed by atoms with Crippen molar-refractivity contribution in [3.63, 3.8) is 0 Å². The Labute approximate surface area is 100 Å². The monoisotopic (exact) mass is 242 g/mol. The predicted molar refractivity (Wildman–Crippen MR) is 63.6 cm³/mol. The highest BCUT2D eigenvalue weighted by molar-refractivity contribution is 7.09. The van der Waals surface area contributed by atoms with E-state index in [0.717, 1.165) is 36.9 Å². The Hall–Kier alpha value is -0.490. The summed E-state index contributed by atoms with van der Waals surface area (Å²) in [5.74, 6) is 0. The lowest BCUT2D eigenvalue weighted by molar-refractivity contribution is -0.0283. The molecule has 0 bridgehead atoms. The van der Waals surface area contributed by atoms with Crippen LogP contribution in [-0.2, 0) is 16.1 Å². The smallest absolute Gasteiger partial charge is 0.123 e. The molecule has 1 saturated heterocycles. The van der Waals surface area contributed by atoms with Gasteiger partial charge in [-0.3, -0.25) is 4.90 Å². The molecule has 2 heterocycles. The van der Waals surface area contributed by atoms with Crippen molar-refractivity contribution in [1.82, 2.24) is 9.88 Å². The zero-order chi connectivity index (χ0) is 11.4. The number of thiazole rings is 1. The molecule has 0 spiro atoms. The van der Waals surface area contributed by atoms with Crippen LogP contribution >= 0.6 is 11.3 Å². The maximum atomic E-state index is 5.75. The summed E-state index contributed by atoms with van der Waals surface area (Å²) in [4.78, 5) is 6.93. The van der Waals surface area contributed by atoms with E-state index in [1.54, 1.807) is 18.4 Å². The normalized spacial score (nSPS) is 22.5. The van der Waals surface area contributed by atoms with Gasteiger partial charge in [-0.15, -0.1) is 11.3 Å². The van der Waals surface area contributed by atoms with Crippen molar-refractivity contribution in [2.75, 3.05) is 33.4 Å². The van der Waals surface area contributed by atoms with Crippen molar-refractivity contribution in [1.29, 1.82) is 0 Å². The Morgan fingerprint density at radius 3 is 3.31 bits per heavy atom. The number of hydrogen-bond acceptors (Lipinski definition) is 5. The molecule has 1 aromatic rings. The van der Waals surface area contributed by atoms with Crippen LogP contribution in [0.5, 0.6) is 0 Å². The zero-order valence-corrected chi connectivity index (χ0v) is 10.6. The van der Waals surface area contributed by atoms with E-state index in [-0.39, 0.29) is 6.10 Å². The van der Waals surface area contributed by atoms with E-state index in [2.05, 4.69) is 16.8 Å². The largest absolute Gasteiger partial charge is 0.378 e. The molecule has 2 rings (SSSR count). The van der Waals surface area contributed by atoms with Crippen molar-refractivity contribution in [3.05, 3.63) is 16.1 Å². The number of morpholine rings is 1. The van der Waals surface area contributed by atoms with E-state index < -0.39 is 0 Å². The minimum atomic E-state index is 0.143. The second-order valence-corrected chi connectivity index (χ2v) is 4.75. The van der Waals surface area contributed by atoms with Crippen LogP contribution in [0.3, 0.4) is 0 Å². The molecule has 16 heavy (non-hydrogen) atoms. The third-order valence-electron chi connectivity index (χ3n) is 2.73. The fourth-order valence-corrected chi connectivity index (χ4v) is 2.67. The first-order chi connectivity index (χ1) is 7.83. The number of methoxy groups -OCH3 is 1. The van der Waals surface area contributed by atoms with Crippen molar-refractivity contribution >= 4 is 11.3 Å². The summed E-state index contributed by atoms with van der Waals surface area (Å²) in [7, 11) is 1.69. The van der Waals surface area contributed by atoms with E-state index in [4.69, 9.17) is 9.47 Å². The summed E-state index contributed by atoms with van der Waals surface area (Å²) in [5.41, 5.74) is 1.000. The molecule has 1 unspecified atom stereocenters. The summed E-state index contributed by atoms with van der Waals surface area (Å²) >= 11 is 1.67. The fraction of sp³-hybridized carbons (Fsp3) is 0.727. The summed E-state index contributed by atoms with van der Waals surface area (Å²) in [6, 6.07) is 0. The number of rotatable bonds is 4. The lowest BCUT2D eigenvalue weighted by atomic mass is 10.3. The Balaban J connectivity index is 1.99. The second kappa shape index (κ2) is 5.72. The number of aromatic nitrogens is 1. The van der Waals surface area contributed by atoms with Gasteiger partial charge in [0.05, 0.1) is 18.9 Å². The van der Waals surface area contributed by atoms with Crippen LogP contribution < -0.4 is 0 Å². The molecule has 0 amide bonds. The quantitative estimate of drug-likeness (QED) is 0.804. The van der Waals surface area contributed by atoms with Crippen LogP contribution in [0.15, 0.2) is 5.38 Å². The van der Waals surface area contributed by atoms with E-state index in [1.807, 2.05) is 5.38 Å². The maximum absolute atomic E-state index is 5.75. The molecule has 5 heteroatoms. The van der Waals surface area contributed by atoms with Crippen molar-refractivity contribution < 1.29 is 9.47 Å². The van der Waals surface area contributed by atoms with Gasteiger partial charge in [-0.05, 0) is 6.54 Å². The predicted octanol–water partition coefficient (Wildman–Crippen LogP) is 1.68. The van der Waals surface area contributed by atoms with Crippen LogP contribution in [0, 0.1) is 0 Å². The number of nitrogens with zero attached hydrogens (tertiary/aromatic N) is 2. The lowest BCUT2D eigenvalue weighted by Gasteiger charge is -2.30. The molecule has 0 radical (unpaired) electrons. The standard InChI is InChI=1S/C11H18N2O2S/c1-3-13-4-5-15-10(6-13)11-12-9(7-14-2)8-16-11/h8,10H,3-7H2,1-2H3. The maximum Gasteiger partial charge on any atom is 0.123 e. The summed E-state index contributed by atoms with van der Waals surface area (Å²) in [6.45, 7) is 6.63. The molecule has 4 nitrogen and oxygen atoms in total. The summed E-state index contributed by atoms with van der Waals surface area (Å²) in [5, 5.41) is 3.12. The zero-order valence-electron chi connectivity index (χ0n) is 9.81. The molecule has 1 aromatic heterocycles. The third-order valence-corrected chi connectivity index (χ3v) is 3.72. The van der Waals surface area contributed by atoms with Crippen LogP contribution in [0.1, 0.15) is 23.7 Å². The fourth-order valence-electron chi connectivity index (χ4n) is 1.82. The van der Waals surface area contributed by atoms with Crippen molar-refractivity contribution in [2.24, 2.45) is 0 Å². The van der Waals surface area contributed by atoms with Crippen LogP contribution in [0.2, 0.25) is 0 Å². The lowest BCUT2D eigenvalue weighted by Crippen LogP contribution is -2.38. The highest BCUT2D eigenvalue weighted by Crippen LogP contribution is 2.25. The Bertz CT molecular complexity index is 330. The molecule has 0 saturated carbocycles. The van der Waals surface area contributed by atoms with E-state index >= 15 is 0 Å². The van der Waals surface area contributed by atoms with Gasteiger partial charge in [-0.1, -0.05) is 6.92 Å². The average Bonchev–Trinajstić information content (AvgIpc) is 2.78. The third kappa shape index (κ3) is 2.79. The van der Waals surface area contributed by atoms with Gasteiger partial charge < -0.3 is 9.47 Å². The van der Waals surface area contributed by atoms with Crippen molar-refractivity contribution in [2.45, 2.75) is 19.6 Å². The minimum absolute atomic E-state index is 0.143. The summed E-state index contributed by atoms with van der Waals surface area (Å²) < 4.78 is 10.8. The Morgan fingerprint density at radius 1 is 1.69 bits per heavy atom. The highest BCUT2D eigenvalue weighted by atomic mass is 32.1. The minimum Gasteiger partial charge on any atom is -0.378 e. The second-order valence-electron chi connectivity index (χ2n) is 3.86. The van der Waals surface area contributed by atoms with Gasteiger partial charge in [-0.25, -0.2) is 4.98 Å². The van der Waals surface area contributed by atoms with Gasteiger partial charge >= 0.3 is 0 Å². The topological polar surface area (TPSA) is 34.6 Å². The average molecular weight is 242 g/mol. The van der Waals surface area contributed by atoms with Gasteiger partial charge in [0, 0.05) is 25.6 Å². The molecule has 90 valence electrons. The van der Waals surface area contributed by atoms with Crippen LogP contribution in [0.25, 0.3) is 0 Å². The molecular weight excluding hydrogens is 224 g/mol. The molecule has 0 aromatic carbocycles. The molecule has 0 N–H and O–H groups in total. The van der Waals surface area contributed by atoms with Gasteiger partial charge in [0.25, 0.3) is 0 Å². The first kappa shape index (κ1) is 12.0. The van der Waals surface area contributed by atoms with Crippen LogP contribution in [-0.4, -0.2) is 43.2 Å². The molecule has 0 aliphatic carbocycles. The van der Waals surface area contributed by atoms with Gasteiger partial charge in [0.1, 0.15) is 11.1 Å². The number of likely N-dealkylation sites (N-methyl/N-ethyl adjacent to an activating group) is 1. The number of ether oxygens (including phenoxy) is 2. The molecule has 1 atom stereocenters. The summed E-state index contributed by atoms with van der Waals surface area (Å²) in [6.07, 6.45) is 0.143. The van der Waals surface area contributed by atoms with E-state index in [9.17, 15) is 0 Å². The van der Waals surface area contributed by atoms with Gasteiger partial charge in [0.15, 0.2) is 0 Å². The Kier molecular flexibility index (Phi) is 4.29. The van der Waals surface area contributed by atoms with Gasteiger partial charge in [-0.2, -0.15) is 0 Å². The highest BCUT2D eigenvalue weighted by Gasteiger charge is 2.23. The number of hydrogen-bond donors (Lipinski definition) is 0. The molecule has 1 aliphatic rings. The molecule has 1 aliphatic heterocycles. The van der Waals surface area contributed by atoms with E-state index in [1.165, 1.54) is 0 Å². The van der Waals surface area contributed by atoms with Crippen LogP contribution in [0.4, 0.5) is 0 Å². The first-order valence-corrected chi connectivity index (χ1v) is 6.48. The molecular formula is C11H18N2O2S. The SMILES string of the molecule is CCN1CCOC(c2nc(COC)cs2)C1. The van der Waals surface area contributed by atoms with Gasteiger partial charge in [0.2, 0.25) is 0 Å². The Morgan fingerprint density at radius 2 is 2.56 bits per heavy atom. The first-order valence-electron chi connectivity index (χ1n) is 5.60.